The molecule has 7 heteroatoms. The van der Waals surface area contributed by atoms with E-state index < -0.39 is 0 Å². The van der Waals surface area contributed by atoms with Gasteiger partial charge in [-0.2, -0.15) is 0 Å². The van der Waals surface area contributed by atoms with Crippen molar-refractivity contribution in [1.29, 1.82) is 0 Å². The van der Waals surface area contributed by atoms with Gasteiger partial charge in [-0.15, -0.1) is 10.2 Å². The van der Waals surface area contributed by atoms with Crippen LogP contribution < -0.4 is 5.32 Å². The van der Waals surface area contributed by atoms with Crippen LogP contribution in [0.1, 0.15) is 16.1 Å². The van der Waals surface area contributed by atoms with Gasteiger partial charge in [0.2, 0.25) is 0 Å². The third kappa shape index (κ3) is 3.92. The summed E-state index contributed by atoms with van der Waals surface area (Å²) in [7, 11) is 0. The van der Waals surface area contributed by atoms with Crippen molar-refractivity contribution in [3.05, 3.63) is 71.4 Å². The number of amides is 1. The standard InChI is InChI=1S/C16H14ClN5O/c17-13-6-4-12(5-7-13)8-9-18-16(23)14-2-1-3-15(21-14)22-10-19-20-11-22/h1-7,10-11H,8-9H2,(H,18,23). The highest BCUT2D eigenvalue weighted by molar-refractivity contribution is 6.30. The smallest absolute Gasteiger partial charge is 0.269 e. The fraction of sp³-hybridized carbons (Fsp3) is 0.125. The maximum atomic E-state index is 12.2. The van der Waals surface area contributed by atoms with E-state index in [1.54, 1.807) is 22.8 Å². The van der Waals surface area contributed by atoms with Crippen molar-refractivity contribution in [2.75, 3.05) is 6.54 Å². The number of carbonyl (C=O) groups excluding carboxylic acids is 1. The quantitative estimate of drug-likeness (QED) is 0.780. The van der Waals surface area contributed by atoms with Crippen molar-refractivity contribution in [1.82, 2.24) is 25.1 Å². The highest BCUT2D eigenvalue weighted by Gasteiger charge is 2.08. The van der Waals surface area contributed by atoms with E-state index in [2.05, 4.69) is 20.5 Å². The van der Waals surface area contributed by atoms with Gasteiger partial charge in [0.1, 0.15) is 24.2 Å². The minimum atomic E-state index is -0.214. The lowest BCUT2D eigenvalue weighted by atomic mass is 10.1. The number of rotatable bonds is 5. The summed E-state index contributed by atoms with van der Waals surface area (Å²) in [5.41, 5.74) is 1.47. The Kier molecular flexibility index (Phi) is 4.63. The van der Waals surface area contributed by atoms with Crippen molar-refractivity contribution in [2.24, 2.45) is 0 Å². The normalized spacial score (nSPS) is 10.5. The average Bonchev–Trinajstić information content (AvgIpc) is 3.11. The summed E-state index contributed by atoms with van der Waals surface area (Å²) in [6.45, 7) is 0.527. The second-order valence-electron chi connectivity index (χ2n) is 4.88. The van der Waals surface area contributed by atoms with E-state index in [4.69, 9.17) is 11.6 Å². The number of hydrogen-bond acceptors (Lipinski definition) is 4. The van der Waals surface area contributed by atoms with E-state index in [-0.39, 0.29) is 5.91 Å². The van der Waals surface area contributed by atoms with Crippen LogP contribution in [0.3, 0.4) is 0 Å². The zero-order valence-electron chi connectivity index (χ0n) is 12.2. The number of benzene rings is 1. The largest absolute Gasteiger partial charge is 0.350 e. The van der Waals surface area contributed by atoms with Gasteiger partial charge in [0.15, 0.2) is 0 Å². The van der Waals surface area contributed by atoms with E-state index in [1.165, 1.54) is 12.7 Å². The highest BCUT2D eigenvalue weighted by Crippen LogP contribution is 2.09. The number of aromatic nitrogens is 4. The minimum Gasteiger partial charge on any atom is -0.350 e. The fourth-order valence-electron chi connectivity index (χ4n) is 2.07. The molecule has 6 nitrogen and oxygen atoms in total. The van der Waals surface area contributed by atoms with Gasteiger partial charge >= 0.3 is 0 Å². The van der Waals surface area contributed by atoms with Gasteiger partial charge < -0.3 is 5.32 Å². The molecule has 23 heavy (non-hydrogen) atoms. The summed E-state index contributed by atoms with van der Waals surface area (Å²) in [5, 5.41) is 11.0. The summed E-state index contributed by atoms with van der Waals surface area (Å²) in [6, 6.07) is 12.8. The van der Waals surface area contributed by atoms with Gasteiger partial charge in [-0.3, -0.25) is 9.36 Å². The molecule has 2 heterocycles. The Morgan fingerprint density at radius 3 is 2.57 bits per heavy atom. The Morgan fingerprint density at radius 1 is 1.09 bits per heavy atom. The molecule has 116 valence electrons. The molecule has 0 aliphatic heterocycles. The van der Waals surface area contributed by atoms with E-state index in [9.17, 15) is 4.79 Å². The Hall–Kier alpha value is -2.73. The molecule has 0 bridgehead atoms. The van der Waals surface area contributed by atoms with Crippen LogP contribution in [0.15, 0.2) is 55.1 Å². The predicted octanol–water partition coefficient (Wildman–Crippen LogP) is 2.29. The van der Waals surface area contributed by atoms with E-state index in [0.29, 0.717) is 23.1 Å². The van der Waals surface area contributed by atoms with Gasteiger partial charge in [-0.25, -0.2) is 4.98 Å². The average molecular weight is 328 g/mol. The third-order valence-corrected chi connectivity index (χ3v) is 3.51. The minimum absolute atomic E-state index is 0.214. The van der Waals surface area contributed by atoms with Crippen LogP contribution in [0.4, 0.5) is 0 Å². The molecule has 0 unspecified atom stereocenters. The van der Waals surface area contributed by atoms with Crippen LogP contribution in [-0.2, 0) is 6.42 Å². The number of nitrogens with zero attached hydrogens (tertiary/aromatic N) is 4. The summed E-state index contributed by atoms with van der Waals surface area (Å²) in [5.74, 6) is 0.384. The Labute approximate surface area is 138 Å². The number of nitrogens with one attached hydrogen (secondary N) is 1. The highest BCUT2D eigenvalue weighted by atomic mass is 35.5. The molecule has 3 aromatic rings. The number of halogens is 1. The Morgan fingerprint density at radius 2 is 1.83 bits per heavy atom. The fourth-order valence-corrected chi connectivity index (χ4v) is 2.20. The van der Waals surface area contributed by atoms with Gasteiger partial charge in [-0.05, 0) is 36.2 Å². The molecule has 1 N–H and O–H groups in total. The molecule has 0 saturated heterocycles. The van der Waals surface area contributed by atoms with E-state index >= 15 is 0 Å². The van der Waals surface area contributed by atoms with Crippen LogP contribution in [0, 0.1) is 0 Å². The van der Waals surface area contributed by atoms with E-state index in [1.807, 2.05) is 24.3 Å². The van der Waals surface area contributed by atoms with Gasteiger partial charge in [0, 0.05) is 11.6 Å². The summed E-state index contributed by atoms with van der Waals surface area (Å²) < 4.78 is 1.64. The maximum absolute atomic E-state index is 12.2. The van der Waals surface area contributed by atoms with Gasteiger partial charge in [0.05, 0.1) is 0 Å². The van der Waals surface area contributed by atoms with Crippen LogP contribution in [0.2, 0.25) is 5.02 Å². The summed E-state index contributed by atoms with van der Waals surface area (Å²) in [4.78, 5) is 16.5. The van der Waals surface area contributed by atoms with Crippen molar-refractivity contribution < 1.29 is 4.79 Å². The van der Waals surface area contributed by atoms with Crippen molar-refractivity contribution in [3.63, 3.8) is 0 Å². The summed E-state index contributed by atoms with van der Waals surface area (Å²) >= 11 is 5.84. The molecular formula is C16H14ClN5O. The van der Waals surface area contributed by atoms with Crippen LogP contribution in [0.25, 0.3) is 5.82 Å². The molecule has 0 saturated carbocycles. The first-order valence-corrected chi connectivity index (χ1v) is 7.45. The second-order valence-corrected chi connectivity index (χ2v) is 5.32. The molecule has 0 fully saturated rings. The molecular weight excluding hydrogens is 314 g/mol. The van der Waals surface area contributed by atoms with E-state index in [0.717, 1.165) is 12.0 Å². The van der Waals surface area contributed by atoms with Crippen LogP contribution in [0.5, 0.6) is 0 Å². The van der Waals surface area contributed by atoms with Crippen molar-refractivity contribution in [3.8, 4) is 5.82 Å². The first-order valence-electron chi connectivity index (χ1n) is 7.07. The van der Waals surface area contributed by atoms with Gasteiger partial charge in [0.25, 0.3) is 5.91 Å². The first kappa shape index (κ1) is 15.2. The Balaban J connectivity index is 1.60. The topological polar surface area (TPSA) is 72.7 Å². The molecule has 0 spiro atoms. The lowest BCUT2D eigenvalue weighted by Gasteiger charge is -2.06. The van der Waals surface area contributed by atoms with Crippen LogP contribution >= 0.6 is 11.6 Å². The molecule has 0 atom stereocenters. The monoisotopic (exact) mass is 327 g/mol. The predicted molar refractivity (Wildman–Crippen MR) is 86.6 cm³/mol. The van der Waals surface area contributed by atoms with Crippen molar-refractivity contribution in [2.45, 2.75) is 6.42 Å². The SMILES string of the molecule is O=C(NCCc1ccc(Cl)cc1)c1cccc(-n2cnnc2)n1. The Bertz CT molecular complexity index is 786. The molecule has 3 rings (SSSR count). The molecule has 2 aromatic heterocycles. The lowest BCUT2D eigenvalue weighted by Crippen LogP contribution is -2.26. The maximum Gasteiger partial charge on any atom is 0.269 e. The van der Waals surface area contributed by atoms with Crippen LogP contribution in [-0.4, -0.2) is 32.2 Å². The van der Waals surface area contributed by atoms with Gasteiger partial charge in [-0.1, -0.05) is 29.8 Å². The molecule has 1 aromatic carbocycles. The molecule has 1 amide bonds. The molecule has 0 aliphatic carbocycles. The molecule has 0 aliphatic rings. The number of carbonyl (C=O) groups is 1. The third-order valence-electron chi connectivity index (χ3n) is 3.26. The second kappa shape index (κ2) is 7.02. The number of hydrogen-bond donors (Lipinski definition) is 1. The zero-order valence-corrected chi connectivity index (χ0v) is 12.9. The summed E-state index contributed by atoms with van der Waals surface area (Å²) in [6.07, 6.45) is 3.79. The first-order chi connectivity index (χ1) is 11.2. The van der Waals surface area contributed by atoms with Crippen molar-refractivity contribution >= 4 is 17.5 Å². The number of pyridine rings is 1. The zero-order chi connectivity index (χ0) is 16.1. The lowest BCUT2D eigenvalue weighted by molar-refractivity contribution is 0.0949. The molecule has 0 radical (unpaired) electrons.